The van der Waals surface area contributed by atoms with E-state index in [0.29, 0.717) is 0 Å². The molecular weight excluding hydrogens is 262 g/mol. The monoisotopic (exact) mass is 291 g/mol. The minimum absolute atomic E-state index is 0.0425. The van der Waals surface area contributed by atoms with Crippen LogP contribution in [0.15, 0.2) is 0 Å². The van der Waals surface area contributed by atoms with Crippen molar-refractivity contribution in [2.75, 3.05) is 50.0 Å². The van der Waals surface area contributed by atoms with Crippen LogP contribution in [0.2, 0.25) is 0 Å². The lowest BCUT2D eigenvalue weighted by Gasteiger charge is -2.35. The van der Waals surface area contributed by atoms with Crippen molar-refractivity contribution in [1.82, 2.24) is 14.9 Å². The molecule has 0 bridgehead atoms. The Balaban J connectivity index is 2.40. The van der Waals surface area contributed by atoms with Crippen LogP contribution in [0.5, 0.6) is 0 Å². The summed E-state index contributed by atoms with van der Waals surface area (Å²) in [6.45, 7) is 15.8. The minimum Gasteiger partial charge on any atom is -0.370 e. The lowest BCUT2D eigenvalue weighted by molar-refractivity contribution is 0.311. The van der Waals surface area contributed by atoms with Crippen molar-refractivity contribution in [3.05, 3.63) is 11.4 Å². The smallest absolute Gasteiger partial charge is 0.138 e. The van der Waals surface area contributed by atoms with Crippen molar-refractivity contribution in [2.45, 2.75) is 40.0 Å². The number of nitrogens with one attached hydrogen (secondary N) is 1. The molecule has 0 spiro atoms. The molecule has 1 N–H and O–H groups in total. The van der Waals surface area contributed by atoms with Gasteiger partial charge in [-0.05, 0) is 20.9 Å². The molecule has 1 aromatic heterocycles. The third kappa shape index (κ3) is 3.64. The van der Waals surface area contributed by atoms with Crippen molar-refractivity contribution in [3.63, 3.8) is 0 Å². The van der Waals surface area contributed by atoms with Crippen molar-refractivity contribution in [2.24, 2.45) is 0 Å². The normalized spacial score (nSPS) is 17.1. The first-order chi connectivity index (χ1) is 9.82. The molecule has 0 saturated carbocycles. The Bertz CT molecular complexity index is 484. The van der Waals surface area contributed by atoms with Gasteiger partial charge < -0.3 is 15.1 Å². The van der Waals surface area contributed by atoms with Gasteiger partial charge in [-0.1, -0.05) is 20.8 Å². The Morgan fingerprint density at radius 1 is 1.10 bits per heavy atom. The quantitative estimate of drug-likeness (QED) is 0.925. The third-order valence-electron chi connectivity index (χ3n) is 3.94. The topological polar surface area (TPSA) is 44.3 Å². The van der Waals surface area contributed by atoms with Crippen LogP contribution < -0.4 is 10.2 Å². The number of nitrogens with zero attached hydrogens (tertiary/aromatic N) is 4. The molecule has 118 valence electrons. The average Bonchev–Trinajstić information content (AvgIpc) is 2.41. The Morgan fingerprint density at radius 2 is 1.71 bits per heavy atom. The van der Waals surface area contributed by atoms with E-state index in [9.17, 15) is 0 Å². The van der Waals surface area contributed by atoms with Crippen LogP contribution in [0.3, 0.4) is 0 Å². The molecule has 2 rings (SSSR count). The Kier molecular flexibility index (Phi) is 4.71. The van der Waals surface area contributed by atoms with Gasteiger partial charge in [0.2, 0.25) is 0 Å². The van der Waals surface area contributed by atoms with Gasteiger partial charge >= 0.3 is 0 Å². The van der Waals surface area contributed by atoms with Crippen LogP contribution in [-0.4, -0.2) is 54.6 Å². The van der Waals surface area contributed by atoms with Crippen LogP contribution in [0, 0.1) is 6.92 Å². The van der Waals surface area contributed by atoms with Gasteiger partial charge in [0, 0.05) is 43.7 Å². The highest BCUT2D eigenvalue weighted by Gasteiger charge is 2.24. The summed E-state index contributed by atoms with van der Waals surface area (Å²) in [6.07, 6.45) is 0. The number of hydrogen-bond acceptors (Lipinski definition) is 5. The van der Waals surface area contributed by atoms with Crippen molar-refractivity contribution < 1.29 is 0 Å². The summed E-state index contributed by atoms with van der Waals surface area (Å²) < 4.78 is 0. The molecule has 0 radical (unpaired) electrons. The molecule has 0 aliphatic carbocycles. The molecular formula is C16H29N5. The summed E-state index contributed by atoms with van der Waals surface area (Å²) in [5, 5.41) is 3.39. The minimum atomic E-state index is -0.0425. The number of anilines is 2. The van der Waals surface area contributed by atoms with E-state index in [-0.39, 0.29) is 5.41 Å². The number of rotatable bonds is 3. The fourth-order valence-corrected chi connectivity index (χ4v) is 2.51. The first kappa shape index (κ1) is 16.0. The zero-order valence-corrected chi connectivity index (χ0v) is 14.3. The fraction of sp³-hybridized carbons (Fsp3) is 0.750. The molecule has 2 heterocycles. The molecule has 1 aliphatic rings. The predicted octanol–water partition coefficient (Wildman–Crippen LogP) is 2.27. The van der Waals surface area contributed by atoms with E-state index in [1.54, 1.807) is 0 Å². The molecule has 1 aromatic rings. The lowest BCUT2D eigenvalue weighted by Crippen LogP contribution is -2.45. The van der Waals surface area contributed by atoms with Gasteiger partial charge in [0.1, 0.15) is 17.5 Å². The maximum atomic E-state index is 4.89. The van der Waals surface area contributed by atoms with E-state index in [2.05, 4.69) is 56.8 Å². The summed E-state index contributed by atoms with van der Waals surface area (Å²) in [7, 11) is 2.18. The number of hydrogen-bond donors (Lipinski definition) is 1. The SMILES string of the molecule is CCNc1nc(C(C)(C)C)nc(N2CCN(C)CC2)c1C. The summed E-state index contributed by atoms with van der Waals surface area (Å²) in [4.78, 5) is 14.4. The first-order valence-corrected chi connectivity index (χ1v) is 7.89. The van der Waals surface area contributed by atoms with Crippen LogP contribution >= 0.6 is 0 Å². The summed E-state index contributed by atoms with van der Waals surface area (Å²) in [5.41, 5.74) is 1.12. The van der Waals surface area contributed by atoms with E-state index in [4.69, 9.17) is 9.97 Å². The van der Waals surface area contributed by atoms with Crippen LogP contribution in [-0.2, 0) is 5.41 Å². The molecule has 0 atom stereocenters. The van der Waals surface area contributed by atoms with Gasteiger partial charge in [-0.2, -0.15) is 0 Å². The van der Waals surface area contributed by atoms with Crippen LogP contribution in [0.1, 0.15) is 39.1 Å². The first-order valence-electron chi connectivity index (χ1n) is 7.89. The molecule has 0 aromatic carbocycles. The van der Waals surface area contributed by atoms with E-state index in [0.717, 1.165) is 55.7 Å². The zero-order chi connectivity index (χ0) is 15.6. The molecule has 21 heavy (non-hydrogen) atoms. The fourth-order valence-electron chi connectivity index (χ4n) is 2.51. The van der Waals surface area contributed by atoms with Gasteiger partial charge in [0.25, 0.3) is 0 Å². The second-order valence-electron chi connectivity index (χ2n) is 6.92. The highest BCUT2D eigenvalue weighted by atomic mass is 15.3. The third-order valence-corrected chi connectivity index (χ3v) is 3.94. The lowest BCUT2D eigenvalue weighted by atomic mass is 9.95. The number of aromatic nitrogens is 2. The highest BCUT2D eigenvalue weighted by Crippen LogP contribution is 2.28. The number of likely N-dealkylation sites (N-methyl/N-ethyl adjacent to an activating group) is 1. The average molecular weight is 291 g/mol. The Morgan fingerprint density at radius 3 is 2.24 bits per heavy atom. The summed E-state index contributed by atoms with van der Waals surface area (Å²) >= 11 is 0. The Labute approximate surface area is 128 Å². The summed E-state index contributed by atoms with van der Waals surface area (Å²) in [6, 6.07) is 0. The molecule has 1 saturated heterocycles. The van der Waals surface area contributed by atoms with Gasteiger partial charge in [-0.25, -0.2) is 9.97 Å². The molecule has 0 unspecified atom stereocenters. The maximum Gasteiger partial charge on any atom is 0.138 e. The van der Waals surface area contributed by atoms with Crippen LogP contribution in [0.25, 0.3) is 0 Å². The van der Waals surface area contributed by atoms with Crippen molar-refractivity contribution >= 4 is 11.6 Å². The number of piperazine rings is 1. The van der Waals surface area contributed by atoms with E-state index in [1.807, 2.05) is 0 Å². The maximum absolute atomic E-state index is 4.89. The van der Waals surface area contributed by atoms with E-state index < -0.39 is 0 Å². The van der Waals surface area contributed by atoms with E-state index in [1.165, 1.54) is 0 Å². The van der Waals surface area contributed by atoms with Gasteiger partial charge in [-0.3, -0.25) is 0 Å². The second kappa shape index (κ2) is 6.18. The zero-order valence-electron chi connectivity index (χ0n) is 14.3. The highest BCUT2D eigenvalue weighted by molar-refractivity contribution is 5.59. The van der Waals surface area contributed by atoms with Gasteiger partial charge in [0.15, 0.2) is 0 Å². The molecule has 5 nitrogen and oxygen atoms in total. The van der Waals surface area contributed by atoms with Gasteiger partial charge in [0.05, 0.1) is 0 Å². The predicted molar refractivity (Wildman–Crippen MR) is 89.3 cm³/mol. The van der Waals surface area contributed by atoms with Crippen LogP contribution in [0.4, 0.5) is 11.6 Å². The van der Waals surface area contributed by atoms with E-state index >= 15 is 0 Å². The van der Waals surface area contributed by atoms with Crippen molar-refractivity contribution in [3.8, 4) is 0 Å². The van der Waals surface area contributed by atoms with Gasteiger partial charge in [-0.15, -0.1) is 0 Å². The standard InChI is InChI=1S/C16H29N5/c1-7-17-13-12(2)14(19-15(18-13)16(3,4)5)21-10-8-20(6)9-11-21/h7-11H2,1-6H3,(H,17,18,19). The largest absolute Gasteiger partial charge is 0.370 e. The Hall–Kier alpha value is -1.36. The summed E-state index contributed by atoms with van der Waals surface area (Å²) in [5.74, 6) is 2.99. The van der Waals surface area contributed by atoms with Crippen molar-refractivity contribution in [1.29, 1.82) is 0 Å². The molecule has 1 aliphatic heterocycles. The second-order valence-corrected chi connectivity index (χ2v) is 6.92. The molecule has 0 amide bonds. The molecule has 5 heteroatoms. The molecule has 1 fully saturated rings.